The van der Waals surface area contributed by atoms with Gasteiger partial charge >= 0.3 is 0 Å². The molecule has 2 heterocycles. The van der Waals surface area contributed by atoms with Crippen molar-refractivity contribution >= 4 is 35.0 Å². The van der Waals surface area contributed by atoms with Crippen LogP contribution in [0.1, 0.15) is 43.0 Å². The van der Waals surface area contributed by atoms with Gasteiger partial charge in [-0.2, -0.15) is 0 Å². The van der Waals surface area contributed by atoms with Gasteiger partial charge in [-0.15, -0.1) is 0 Å². The summed E-state index contributed by atoms with van der Waals surface area (Å²) in [6.07, 6.45) is 5.18. The van der Waals surface area contributed by atoms with Crippen LogP contribution in [0.25, 0.3) is 0 Å². The van der Waals surface area contributed by atoms with Gasteiger partial charge in [-0.3, -0.25) is 9.59 Å². The lowest BCUT2D eigenvalue weighted by Gasteiger charge is -2.30. The van der Waals surface area contributed by atoms with E-state index in [9.17, 15) is 14.0 Å². The quantitative estimate of drug-likeness (QED) is 0.498. The molecule has 2 aromatic rings. The van der Waals surface area contributed by atoms with E-state index in [-0.39, 0.29) is 35.2 Å². The molecule has 154 valence electrons. The number of aromatic nitrogens is 2. The largest absolute Gasteiger partial charge is 0.365 e. The summed E-state index contributed by atoms with van der Waals surface area (Å²) in [4.78, 5) is 31.3. The van der Waals surface area contributed by atoms with Crippen LogP contribution in [-0.4, -0.2) is 33.9 Å². The SMILES string of the molecule is CC(=O)Nc1cc(Nc2nc(NC3CCCCC3N)c(F)cc2C(N)=O)ccn1. The fraction of sp³-hybridized carbons (Fsp3) is 0.368. The highest BCUT2D eigenvalue weighted by atomic mass is 19.1. The highest BCUT2D eigenvalue weighted by Crippen LogP contribution is 2.27. The molecule has 9 nitrogen and oxygen atoms in total. The van der Waals surface area contributed by atoms with Gasteiger partial charge in [0.2, 0.25) is 5.91 Å². The molecule has 1 aliphatic carbocycles. The molecule has 0 saturated heterocycles. The molecule has 2 amide bonds. The third kappa shape index (κ3) is 5.17. The lowest BCUT2D eigenvalue weighted by atomic mass is 9.91. The van der Waals surface area contributed by atoms with Gasteiger partial charge in [0.1, 0.15) is 11.6 Å². The molecule has 0 spiro atoms. The summed E-state index contributed by atoms with van der Waals surface area (Å²) >= 11 is 0. The zero-order valence-electron chi connectivity index (χ0n) is 16.0. The highest BCUT2D eigenvalue weighted by molar-refractivity contribution is 5.98. The minimum Gasteiger partial charge on any atom is -0.365 e. The molecule has 0 aliphatic heterocycles. The number of hydrogen-bond acceptors (Lipinski definition) is 7. The maximum Gasteiger partial charge on any atom is 0.252 e. The maximum atomic E-state index is 14.6. The zero-order chi connectivity index (χ0) is 21.0. The van der Waals surface area contributed by atoms with Crippen molar-refractivity contribution < 1.29 is 14.0 Å². The Balaban J connectivity index is 1.90. The van der Waals surface area contributed by atoms with E-state index in [4.69, 9.17) is 11.5 Å². The summed E-state index contributed by atoms with van der Waals surface area (Å²) in [5.74, 6) is -1.38. The van der Waals surface area contributed by atoms with Crippen molar-refractivity contribution in [3.05, 3.63) is 35.8 Å². The Kier molecular flexibility index (Phi) is 6.23. The summed E-state index contributed by atoms with van der Waals surface area (Å²) in [6, 6.07) is 4.01. The van der Waals surface area contributed by atoms with Gasteiger partial charge in [-0.25, -0.2) is 14.4 Å². The molecular formula is C19H24FN7O2. The zero-order valence-corrected chi connectivity index (χ0v) is 16.0. The maximum absolute atomic E-state index is 14.6. The molecule has 7 N–H and O–H groups in total. The molecule has 1 saturated carbocycles. The van der Waals surface area contributed by atoms with Crippen LogP contribution in [0.15, 0.2) is 24.4 Å². The minimum absolute atomic E-state index is 0.00371. The van der Waals surface area contributed by atoms with Crippen LogP contribution < -0.4 is 27.4 Å². The topological polar surface area (TPSA) is 148 Å². The number of halogens is 1. The van der Waals surface area contributed by atoms with Crippen molar-refractivity contribution in [1.29, 1.82) is 0 Å². The summed E-state index contributed by atoms with van der Waals surface area (Å²) in [5, 5.41) is 8.56. The van der Waals surface area contributed by atoms with E-state index in [1.54, 1.807) is 12.1 Å². The van der Waals surface area contributed by atoms with Crippen molar-refractivity contribution in [2.75, 3.05) is 16.0 Å². The van der Waals surface area contributed by atoms with E-state index in [2.05, 4.69) is 25.9 Å². The Bertz CT molecular complexity index is 921. The first kappa shape index (κ1) is 20.5. The van der Waals surface area contributed by atoms with Gasteiger partial charge in [-0.1, -0.05) is 12.8 Å². The van der Waals surface area contributed by atoms with Crippen molar-refractivity contribution in [3.63, 3.8) is 0 Å². The second-order valence-electron chi connectivity index (χ2n) is 7.01. The predicted molar refractivity (Wildman–Crippen MR) is 108 cm³/mol. The Morgan fingerprint density at radius 1 is 1.21 bits per heavy atom. The fourth-order valence-corrected chi connectivity index (χ4v) is 3.28. The molecule has 0 radical (unpaired) electrons. The molecule has 0 aromatic carbocycles. The molecular weight excluding hydrogens is 377 g/mol. The summed E-state index contributed by atoms with van der Waals surface area (Å²) in [7, 11) is 0. The number of hydrogen-bond donors (Lipinski definition) is 5. The molecule has 2 atom stereocenters. The molecule has 29 heavy (non-hydrogen) atoms. The van der Waals surface area contributed by atoms with Crippen LogP contribution in [0.3, 0.4) is 0 Å². The van der Waals surface area contributed by atoms with Gasteiger partial charge in [0.25, 0.3) is 5.91 Å². The number of carbonyl (C=O) groups is 2. The molecule has 1 fully saturated rings. The first-order chi connectivity index (χ1) is 13.8. The number of pyridine rings is 2. The first-order valence-electron chi connectivity index (χ1n) is 9.36. The van der Waals surface area contributed by atoms with Crippen LogP contribution >= 0.6 is 0 Å². The average molecular weight is 401 g/mol. The van der Waals surface area contributed by atoms with E-state index >= 15 is 0 Å². The molecule has 2 unspecified atom stereocenters. The van der Waals surface area contributed by atoms with Crippen LogP contribution in [0.2, 0.25) is 0 Å². The van der Waals surface area contributed by atoms with E-state index in [0.29, 0.717) is 11.5 Å². The van der Waals surface area contributed by atoms with Crippen molar-refractivity contribution in [2.24, 2.45) is 11.5 Å². The number of rotatable bonds is 6. The lowest BCUT2D eigenvalue weighted by molar-refractivity contribution is -0.114. The third-order valence-electron chi connectivity index (χ3n) is 4.71. The number of nitrogens with two attached hydrogens (primary N) is 2. The van der Waals surface area contributed by atoms with Gasteiger partial charge in [-0.05, 0) is 25.0 Å². The van der Waals surface area contributed by atoms with Crippen LogP contribution in [0.4, 0.5) is 27.5 Å². The summed E-state index contributed by atoms with van der Waals surface area (Å²) in [6.45, 7) is 1.36. The number of nitrogens with zero attached hydrogens (tertiary/aromatic N) is 2. The van der Waals surface area contributed by atoms with Crippen molar-refractivity contribution in [2.45, 2.75) is 44.7 Å². The monoisotopic (exact) mass is 401 g/mol. The number of carbonyl (C=O) groups excluding carboxylic acids is 2. The Labute approximate surface area is 167 Å². The Morgan fingerprint density at radius 3 is 2.66 bits per heavy atom. The summed E-state index contributed by atoms with van der Waals surface area (Å²) < 4.78 is 14.6. The smallest absolute Gasteiger partial charge is 0.252 e. The number of primary amides is 1. The molecule has 10 heteroatoms. The number of nitrogens with one attached hydrogen (secondary N) is 3. The van der Waals surface area contributed by atoms with Gasteiger partial charge in [0.05, 0.1) is 5.56 Å². The number of anilines is 4. The van der Waals surface area contributed by atoms with E-state index in [1.165, 1.54) is 13.1 Å². The molecule has 3 rings (SSSR count). The Morgan fingerprint density at radius 2 is 1.97 bits per heavy atom. The van der Waals surface area contributed by atoms with Crippen LogP contribution in [0, 0.1) is 5.82 Å². The third-order valence-corrected chi connectivity index (χ3v) is 4.71. The normalized spacial score (nSPS) is 18.7. The lowest BCUT2D eigenvalue weighted by Crippen LogP contribution is -2.43. The second-order valence-corrected chi connectivity index (χ2v) is 7.01. The van der Waals surface area contributed by atoms with Crippen molar-refractivity contribution in [1.82, 2.24) is 9.97 Å². The van der Waals surface area contributed by atoms with Gasteiger partial charge < -0.3 is 27.4 Å². The molecule has 0 bridgehead atoms. The summed E-state index contributed by atoms with van der Waals surface area (Å²) in [5.41, 5.74) is 11.9. The highest BCUT2D eigenvalue weighted by Gasteiger charge is 2.24. The van der Waals surface area contributed by atoms with Gasteiger partial charge in [0, 0.05) is 37.0 Å². The first-order valence-corrected chi connectivity index (χ1v) is 9.36. The Hall–Kier alpha value is -3.27. The van der Waals surface area contributed by atoms with E-state index in [0.717, 1.165) is 31.7 Å². The second kappa shape index (κ2) is 8.82. The standard InChI is InChI=1S/C19H24FN7O2/c1-10(28)24-16-8-11(6-7-23-16)25-18-12(17(22)29)9-13(20)19(27-18)26-15-5-3-2-4-14(15)21/h6-9,14-15H,2-5,21H2,1H3,(H2,22,29)(H3,23,24,25,26,27,28). The van der Waals surface area contributed by atoms with E-state index < -0.39 is 11.7 Å². The predicted octanol–water partition coefficient (Wildman–Crippen LogP) is 2.10. The minimum atomic E-state index is -0.823. The average Bonchev–Trinajstić information content (AvgIpc) is 2.65. The fourth-order valence-electron chi connectivity index (χ4n) is 3.28. The molecule has 1 aliphatic rings. The van der Waals surface area contributed by atoms with E-state index in [1.807, 2.05) is 0 Å². The van der Waals surface area contributed by atoms with Crippen LogP contribution in [-0.2, 0) is 4.79 Å². The van der Waals surface area contributed by atoms with Gasteiger partial charge in [0.15, 0.2) is 11.6 Å². The molecule has 2 aromatic heterocycles. The van der Waals surface area contributed by atoms with Crippen molar-refractivity contribution in [3.8, 4) is 0 Å². The van der Waals surface area contributed by atoms with Crippen LogP contribution in [0.5, 0.6) is 0 Å². The number of amides is 2.